The van der Waals surface area contributed by atoms with Crippen molar-refractivity contribution in [1.82, 2.24) is 24.8 Å². The maximum Gasteiger partial charge on any atom is 0.170 e. The fraction of sp³-hybridized carbons (Fsp3) is 0.174. The quantitative estimate of drug-likeness (QED) is 0.479. The summed E-state index contributed by atoms with van der Waals surface area (Å²) >= 11 is 5.77. The van der Waals surface area contributed by atoms with Crippen molar-refractivity contribution in [3.8, 4) is 0 Å². The van der Waals surface area contributed by atoms with Gasteiger partial charge in [-0.25, -0.2) is 0 Å². The molecule has 150 valence electrons. The Kier molecular flexibility index (Phi) is 5.03. The Morgan fingerprint density at radius 3 is 2.73 bits per heavy atom. The van der Waals surface area contributed by atoms with E-state index in [1.807, 2.05) is 48.8 Å². The summed E-state index contributed by atoms with van der Waals surface area (Å²) in [5.74, 6) is 0.911. The van der Waals surface area contributed by atoms with Gasteiger partial charge >= 0.3 is 0 Å². The van der Waals surface area contributed by atoms with E-state index in [4.69, 9.17) is 16.6 Å². The van der Waals surface area contributed by atoms with E-state index in [2.05, 4.69) is 49.1 Å². The Bertz CT molecular complexity index is 1110. The average Bonchev–Trinajstić information content (AvgIpc) is 3.52. The molecule has 0 amide bonds. The van der Waals surface area contributed by atoms with E-state index < -0.39 is 0 Å². The van der Waals surface area contributed by atoms with Crippen LogP contribution in [0.5, 0.6) is 0 Å². The highest BCUT2D eigenvalue weighted by Gasteiger charge is 2.41. The van der Waals surface area contributed by atoms with E-state index in [1.165, 1.54) is 0 Å². The van der Waals surface area contributed by atoms with Gasteiger partial charge in [-0.3, -0.25) is 9.97 Å². The van der Waals surface area contributed by atoms with Crippen molar-refractivity contribution in [2.75, 3.05) is 0 Å². The van der Waals surface area contributed by atoms with Crippen LogP contribution in [0.15, 0.2) is 90.1 Å². The van der Waals surface area contributed by atoms with Crippen LogP contribution in [0.4, 0.5) is 0 Å². The van der Waals surface area contributed by atoms with E-state index in [1.54, 1.807) is 12.5 Å². The lowest BCUT2D eigenvalue weighted by molar-refractivity contribution is 0.296. The first-order chi connectivity index (χ1) is 14.8. The first kappa shape index (κ1) is 18.6. The molecule has 5 rings (SSSR count). The van der Waals surface area contributed by atoms with Crippen molar-refractivity contribution < 1.29 is 4.42 Å². The molecule has 30 heavy (non-hydrogen) atoms. The number of nitrogens with zero attached hydrogens (tertiary/aromatic N) is 4. The molecule has 1 saturated heterocycles. The predicted octanol–water partition coefficient (Wildman–Crippen LogP) is 4.09. The third kappa shape index (κ3) is 3.59. The Balaban J connectivity index is 1.54. The van der Waals surface area contributed by atoms with Gasteiger partial charge in [-0.05, 0) is 60.2 Å². The Morgan fingerprint density at radius 2 is 1.97 bits per heavy atom. The fourth-order valence-electron chi connectivity index (χ4n) is 4.00. The predicted molar refractivity (Wildman–Crippen MR) is 117 cm³/mol. The normalized spacial score (nSPS) is 18.5. The number of nitrogens with one attached hydrogen (secondary N) is 1. The lowest BCUT2D eigenvalue weighted by Gasteiger charge is -2.28. The van der Waals surface area contributed by atoms with Gasteiger partial charge in [-0.15, -0.1) is 0 Å². The summed E-state index contributed by atoms with van der Waals surface area (Å²) in [7, 11) is 0. The highest BCUT2D eigenvalue weighted by atomic mass is 32.1. The Labute approximate surface area is 180 Å². The summed E-state index contributed by atoms with van der Waals surface area (Å²) in [6.07, 6.45) is 9.28. The lowest BCUT2D eigenvalue weighted by Crippen LogP contribution is -2.30. The SMILES string of the molecule is S=C1N[C@@H](c2ccccn2)[C@@H](c2cccn2Cc2ccco2)N1Cc1cccnc1. The molecule has 0 aliphatic carbocycles. The fourth-order valence-corrected chi connectivity index (χ4v) is 4.30. The van der Waals surface area contributed by atoms with E-state index in [9.17, 15) is 0 Å². The maximum absolute atomic E-state index is 5.77. The monoisotopic (exact) mass is 415 g/mol. The third-order valence-corrected chi connectivity index (χ3v) is 5.70. The van der Waals surface area contributed by atoms with Crippen molar-refractivity contribution >= 4 is 17.3 Å². The molecule has 4 aromatic heterocycles. The second-order valence-corrected chi connectivity index (χ2v) is 7.64. The molecule has 0 spiro atoms. The minimum atomic E-state index is -0.0550. The van der Waals surface area contributed by atoms with Crippen LogP contribution in [0.25, 0.3) is 0 Å². The van der Waals surface area contributed by atoms with Crippen molar-refractivity contribution in [2.45, 2.75) is 25.2 Å². The zero-order chi connectivity index (χ0) is 20.3. The molecule has 1 aliphatic rings. The molecule has 6 nitrogen and oxygen atoms in total. The lowest BCUT2D eigenvalue weighted by atomic mass is 10.0. The smallest absolute Gasteiger partial charge is 0.170 e. The molecule has 7 heteroatoms. The van der Waals surface area contributed by atoms with E-state index in [0.29, 0.717) is 18.2 Å². The molecular weight excluding hydrogens is 394 g/mol. The van der Waals surface area contributed by atoms with Crippen LogP contribution in [0.1, 0.15) is 34.8 Å². The van der Waals surface area contributed by atoms with Gasteiger partial charge in [0.1, 0.15) is 5.76 Å². The molecule has 2 atom stereocenters. The van der Waals surface area contributed by atoms with E-state index >= 15 is 0 Å². The highest BCUT2D eigenvalue weighted by Crippen LogP contribution is 2.39. The standard InChI is InChI=1S/C23H21N5OS/c30-23-26-21(19-8-1-2-11-25-19)22(28(23)15-17-6-3-10-24-14-17)20-9-4-12-27(20)16-18-7-5-13-29-18/h1-14,21-22H,15-16H2,(H,26,30)/t21-,22+/m0/s1. The number of hydrogen-bond donors (Lipinski definition) is 1. The summed E-state index contributed by atoms with van der Waals surface area (Å²) < 4.78 is 7.80. The zero-order valence-corrected chi connectivity index (χ0v) is 17.1. The number of hydrogen-bond acceptors (Lipinski definition) is 4. The number of furan rings is 1. The number of thiocarbonyl (C=S) groups is 1. The van der Waals surface area contributed by atoms with E-state index in [0.717, 1.165) is 22.7 Å². The van der Waals surface area contributed by atoms with Crippen LogP contribution < -0.4 is 5.32 Å². The summed E-state index contributed by atoms with van der Waals surface area (Å²) in [5.41, 5.74) is 3.22. The van der Waals surface area contributed by atoms with Gasteiger partial charge in [0, 0.05) is 37.0 Å². The van der Waals surface area contributed by atoms with Crippen LogP contribution in [-0.2, 0) is 13.1 Å². The van der Waals surface area contributed by atoms with Crippen LogP contribution in [0.3, 0.4) is 0 Å². The zero-order valence-electron chi connectivity index (χ0n) is 16.3. The molecular formula is C23H21N5OS. The minimum Gasteiger partial charge on any atom is -0.467 e. The number of rotatable bonds is 6. The van der Waals surface area contributed by atoms with Gasteiger partial charge in [0.25, 0.3) is 0 Å². The Morgan fingerprint density at radius 1 is 1.00 bits per heavy atom. The van der Waals surface area contributed by atoms with Crippen molar-refractivity contribution in [1.29, 1.82) is 0 Å². The Hall–Kier alpha value is -3.45. The van der Waals surface area contributed by atoms with Crippen LogP contribution in [-0.4, -0.2) is 24.5 Å². The number of aromatic nitrogens is 3. The van der Waals surface area contributed by atoms with Gasteiger partial charge in [-0.1, -0.05) is 12.1 Å². The molecule has 0 unspecified atom stereocenters. The van der Waals surface area contributed by atoms with Crippen molar-refractivity contribution in [3.05, 3.63) is 108 Å². The highest BCUT2D eigenvalue weighted by molar-refractivity contribution is 7.80. The molecule has 0 aromatic carbocycles. The molecule has 5 heterocycles. The molecule has 1 aliphatic heterocycles. The molecule has 1 fully saturated rings. The molecule has 0 radical (unpaired) electrons. The van der Waals surface area contributed by atoms with Gasteiger partial charge < -0.3 is 19.2 Å². The van der Waals surface area contributed by atoms with Gasteiger partial charge in [0.05, 0.1) is 30.6 Å². The van der Waals surface area contributed by atoms with Crippen LogP contribution in [0, 0.1) is 0 Å². The second-order valence-electron chi connectivity index (χ2n) is 7.26. The largest absolute Gasteiger partial charge is 0.467 e. The van der Waals surface area contributed by atoms with Crippen molar-refractivity contribution in [2.24, 2.45) is 0 Å². The third-order valence-electron chi connectivity index (χ3n) is 5.35. The maximum atomic E-state index is 5.77. The topological polar surface area (TPSA) is 59.1 Å². The van der Waals surface area contributed by atoms with E-state index in [-0.39, 0.29) is 12.1 Å². The van der Waals surface area contributed by atoms with Gasteiger partial charge in [-0.2, -0.15) is 0 Å². The molecule has 1 N–H and O–H groups in total. The van der Waals surface area contributed by atoms with Crippen molar-refractivity contribution in [3.63, 3.8) is 0 Å². The first-order valence-corrected chi connectivity index (χ1v) is 10.2. The molecule has 0 saturated carbocycles. The molecule has 4 aromatic rings. The summed E-state index contributed by atoms with van der Waals surface area (Å²) in [6.45, 7) is 1.33. The average molecular weight is 416 g/mol. The van der Waals surface area contributed by atoms with Gasteiger partial charge in [0.2, 0.25) is 0 Å². The second kappa shape index (κ2) is 8.12. The van der Waals surface area contributed by atoms with Crippen LogP contribution >= 0.6 is 12.2 Å². The van der Waals surface area contributed by atoms with Gasteiger partial charge in [0.15, 0.2) is 5.11 Å². The molecule has 0 bridgehead atoms. The first-order valence-electron chi connectivity index (χ1n) is 9.84. The summed E-state index contributed by atoms with van der Waals surface area (Å²) in [6, 6.07) is 18.1. The summed E-state index contributed by atoms with van der Waals surface area (Å²) in [5, 5.41) is 4.22. The summed E-state index contributed by atoms with van der Waals surface area (Å²) in [4.78, 5) is 11.1. The van der Waals surface area contributed by atoms with Crippen LogP contribution in [0.2, 0.25) is 0 Å². The number of pyridine rings is 2. The minimum absolute atomic E-state index is 0.0161.